The van der Waals surface area contributed by atoms with Crippen molar-refractivity contribution < 1.29 is 19.8 Å². The Balaban J connectivity index is 2.70. The van der Waals surface area contributed by atoms with E-state index >= 15 is 0 Å². The number of nitrogens with one attached hydrogen (secondary N) is 1. The highest BCUT2D eigenvalue weighted by atomic mass is 16.4. The molecule has 16 heavy (non-hydrogen) atoms. The van der Waals surface area contributed by atoms with E-state index in [0.29, 0.717) is 11.0 Å². The van der Waals surface area contributed by atoms with E-state index in [-0.39, 0.29) is 17.5 Å². The Morgan fingerprint density at radius 2 is 2.06 bits per heavy atom. The molecular formula is C10H8N2O4. The second-order valence-corrected chi connectivity index (χ2v) is 3.27. The molecule has 0 atom stereocenters. The number of aromatic amines is 1. The van der Waals surface area contributed by atoms with Gasteiger partial charge in [0.15, 0.2) is 0 Å². The number of aromatic carboxylic acids is 1. The van der Waals surface area contributed by atoms with Gasteiger partial charge in [-0.2, -0.15) is 0 Å². The van der Waals surface area contributed by atoms with Crippen molar-refractivity contribution in [2.45, 2.75) is 6.42 Å². The van der Waals surface area contributed by atoms with Gasteiger partial charge in [-0.05, 0) is 12.1 Å². The van der Waals surface area contributed by atoms with Crippen LogP contribution in [-0.4, -0.2) is 32.1 Å². The summed E-state index contributed by atoms with van der Waals surface area (Å²) in [5, 5.41) is 17.7. The fraction of sp³-hybridized carbons (Fsp3) is 0.100. The van der Waals surface area contributed by atoms with Crippen LogP contribution in [0.2, 0.25) is 0 Å². The normalized spacial score (nSPS) is 10.5. The van der Waals surface area contributed by atoms with Gasteiger partial charge in [0, 0.05) is 5.56 Å². The largest absolute Gasteiger partial charge is 0.481 e. The van der Waals surface area contributed by atoms with Gasteiger partial charge >= 0.3 is 11.9 Å². The Kier molecular flexibility index (Phi) is 2.32. The van der Waals surface area contributed by atoms with Gasteiger partial charge in [-0.3, -0.25) is 4.79 Å². The van der Waals surface area contributed by atoms with E-state index < -0.39 is 11.9 Å². The van der Waals surface area contributed by atoms with Gasteiger partial charge in [-0.25, -0.2) is 9.78 Å². The summed E-state index contributed by atoms with van der Waals surface area (Å²) in [5.41, 5.74) is 1.21. The maximum atomic E-state index is 10.9. The first kappa shape index (κ1) is 10.2. The van der Waals surface area contributed by atoms with Crippen LogP contribution in [0.3, 0.4) is 0 Å². The van der Waals surface area contributed by atoms with Crippen LogP contribution in [0.1, 0.15) is 15.9 Å². The third-order valence-corrected chi connectivity index (χ3v) is 2.25. The molecule has 0 bridgehead atoms. The van der Waals surface area contributed by atoms with Gasteiger partial charge in [0.05, 0.1) is 29.3 Å². The van der Waals surface area contributed by atoms with E-state index in [9.17, 15) is 9.59 Å². The lowest BCUT2D eigenvalue weighted by atomic mass is 10.0. The lowest BCUT2D eigenvalue weighted by Crippen LogP contribution is -2.08. The Labute approximate surface area is 89.5 Å². The molecule has 0 amide bonds. The number of nitrogens with zero attached hydrogens (tertiary/aromatic N) is 1. The molecule has 0 spiro atoms. The van der Waals surface area contributed by atoms with Crippen LogP contribution >= 0.6 is 0 Å². The summed E-state index contributed by atoms with van der Waals surface area (Å²) in [4.78, 5) is 28.4. The number of H-pyrrole nitrogens is 1. The summed E-state index contributed by atoms with van der Waals surface area (Å²) in [5.74, 6) is -2.24. The molecule has 1 heterocycles. The SMILES string of the molecule is O=C(O)Cc1c(C(=O)O)ccc2[nH]cnc12. The van der Waals surface area contributed by atoms with Crippen molar-refractivity contribution in [1.82, 2.24) is 9.97 Å². The highest BCUT2D eigenvalue weighted by Crippen LogP contribution is 2.20. The number of fused-ring (bicyclic) bond motifs is 1. The molecule has 82 valence electrons. The molecule has 2 aromatic rings. The molecule has 0 unspecified atom stereocenters. The first-order valence-electron chi connectivity index (χ1n) is 4.49. The van der Waals surface area contributed by atoms with Gasteiger partial charge in [0.2, 0.25) is 0 Å². The lowest BCUT2D eigenvalue weighted by molar-refractivity contribution is -0.136. The van der Waals surface area contributed by atoms with Crippen LogP contribution in [0, 0.1) is 0 Å². The highest BCUT2D eigenvalue weighted by Gasteiger charge is 2.17. The molecule has 0 radical (unpaired) electrons. The van der Waals surface area contributed by atoms with Crippen LogP contribution in [0.4, 0.5) is 0 Å². The summed E-state index contributed by atoms with van der Waals surface area (Å²) >= 11 is 0. The predicted octanol–water partition coefficient (Wildman–Crippen LogP) is 0.888. The van der Waals surface area contributed by atoms with Crippen LogP contribution in [0.25, 0.3) is 11.0 Å². The zero-order chi connectivity index (χ0) is 11.7. The van der Waals surface area contributed by atoms with Crippen LogP contribution in [0.5, 0.6) is 0 Å². The van der Waals surface area contributed by atoms with E-state index in [1.165, 1.54) is 12.4 Å². The van der Waals surface area contributed by atoms with Crippen LogP contribution < -0.4 is 0 Å². The maximum absolute atomic E-state index is 10.9. The highest BCUT2D eigenvalue weighted by molar-refractivity contribution is 5.97. The summed E-state index contributed by atoms with van der Waals surface area (Å²) < 4.78 is 0. The average Bonchev–Trinajstić information content (AvgIpc) is 2.64. The number of benzene rings is 1. The quantitative estimate of drug-likeness (QED) is 0.712. The standard InChI is InChI=1S/C10H8N2O4/c13-8(14)3-6-5(10(15)16)1-2-7-9(6)12-4-11-7/h1-2,4H,3H2,(H,11,12)(H,13,14)(H,15,16). The van der Waals surface area contributed by atoms with Crippen molar-refractivity contribution in [2.24, 2.45) is 0 Å². The number of hydrogen-bond acceptors (Lipinski definition) is 3. The van der Waals surface area contributed by atoms with Crippen molar-refractivity contribution in [3.63, 3.8) is 0 Å². The second kappa shape index (κ2) is 3.65. The number of rotatable bonds is 3. The Hall–Kier alpha value is -2.37. The molecule has 0 aliphatic heterocycles. The van der Waals surface area contributed by atoms with E-state index in [2.05, 4.69) is 9.97 Å². The lowest BCUT2D eigenvalue weighted by Gasteiger charge is -2.03. The van der Waals surface area contributed by atoms with Crippen molar-refractivity contribution in [3.05, 3.63) is 29.6 Å². The van der Waals surface area contributed by atoms with E-state index in [0.717, 1.165) is 0 Å². The molecule has 1 aromatic heterocycles. The number of carboxylic acids is 2. The first-order valence-corrected chi connectivity index (χ1v) is 4.49. The second-order valence-electron chi connectivity index (χ2n) is 3.27. The van der Waals surface area contributed by atoms with Gasteiger partial charge in [-0.1, -0.05) is 0 Å². The molecule has 6 nitrogen and oxygen atoms in total. The topological polar surface area (TPSA) is 103 Å². The molecule has 0 aliphatic rings. The summed E-state index contributed by atoms with van der Waals surface area (Å²) in [6, 6.07) is 2.94. The number of carboxylic acid groups (broad SMARTS) is 2. The van der Waals surface area contributed by atoms with E-state index in [1.54, 1.807) is 6.07 Å². The van der Waals surface area contributed by atoms with Crippen molar-refractivity contribution in [2.75, 3.05) is 0 Å². The molecule has 0 saturated carbocycles. The molecule has 0 fully saturated rings. The first-order chi connectivity index (χ1) is 7.59. The molecule has 1 aromatic carbocycles. The van der Waals surface area contributed by atoms with Crippen molar-refractivity contribution in [3.8, 4) is 0 Å². The third-order valence-electron chi connectivity index (χ3n) is 2.25. The van der Waals surface area contributed by atoms with E-state index in [4.69, 9.17) is 10.2 Å². The molecule has 0 aliphatic carbocycles. The number of hydrogen-bond donors (Lipinski definition) is 3. The minimum Gasteiger partial charge on any atom is -0.481 e. The zero-order valence-electron chi connectivity index (χ0n) is 8.10. The van der Waals surface area contributed by atoms with Gasteiger partial charge in [-0.15, -0.1) is 0 Å². The monoisotopic (exact) mass is 220 g/mol. The third kappa shape index (κ3) is 1.60. The number of aromatic nitrogens is 2. The Bertz CT molecular complexity index is 573. The van der Waals surface area contributed by atoms with Crippen molar-refractivity contribution in [1.29, 1.82) is 0 Å². The van der Waals surface area contributed by atoms with Gasteiger partial charge in [0.1, 0.15) is 0 Å². The summed E-state index contributed by atoms with van der Waals surface area (Å²) in [6.07, 6.45) is 1.05. The minimum absolute atomic E-state index is 0.0259. The average molecular weight is 220 g/mol. The fourth-order valence-electron chi connectivity index (χ4n) is 1.60. The smallest absolute Gasteiger partial charge is 0.336 e. The van der Waals surface area contributed by atoms with Gasteiger partial charge in [0.25, 0.3) is 0 Å². The number of aliphatic carboxylic acids is 1. The maximum Gasteiger partial charge on any atom is 0.336 e. The molecule has 6 heteroatoms. The number of carbonyl (C=O) groups is 2. The molecule has 0 saturated heterocycles. The van der Waals surface area contributed by atoms with E-state index in [1.807, 2.05) is 0 Å². The van der Waals surface area contributed by atoms with Crippen molar-refractivity contribution >= 4 is 23.0 Å². The Morgan fingerprint density at radius 1 is 1.31 bits per heavy atom. The Morgan fingerprint density at radius 3 is 2.69 bits per heavy atom. The molecule has 3 N–H and O–H groups in total. The predicted molar refractivity (Wildman–Crippen MR) is 54.4 cm³/mol. The molecule has 2 rings (SSSR count). The number of imidazole rings is 1. The van der Waals surface area contributed by atoms with Crippen LogP contribution in [-0.2, 0) is 11.2 Å². The minimum atomic E-state index is -1.15. The zero-order valence-corrected chi connectivity index (χ0v) is 8.10. The van der Waals surface area contributed by atoms with Crippen LogP contribution in [0.15, 0.2) is 18.5 Å². The van der Waals surface area contributed by atoms with Gasteiger partial charge < -0.3 is 15.2 Å². The molecular weight excluding hydrogens is 212 g/mol. The summed E-state index contributed by atoms with van der Waals surface area (Å²) in [7, 11) is 0. The summed E-state index contributed by atoms with van der Waals surface area (Å²) in [6.45, 7) is 0. The fourth-order valence-corrected chi connectivity index (χ4v) is 1.60.